The first-order valence-corrected chi connectivity index (χ1v) is 7.42. The van der Waals surface area contributed by atoms with Gasteiger partial charge in [-0.05, 0) is 35.0 Å². The number of hydrogen-bond donors (Lipinski definition) is 0. The molecule has 1 unspecified atom stereocenters. The van der Waals surface area contributed by atoms with E-state index in [4.69, 9.17) is 21.1 Å². The molecule has 0 aromatic heterocycles. The third-order valence-electron chi connectivity index (χ3n) is 2.92. The molecule has 0 spiro atoms. The lowest BCUT2D eigenvalue weighted by molar-refractivity contribution is 0.0479. The van der Waals surface area contributed by atoms with E-state index in [0.717, 1.165) is 0 Å². The molecule has 1 rings (SSSR count). The molecule has 1 aromatic rings. The van der Waals surface area contributed by atoms with Crippen molar-refractivity contribution in [3.8, 4) is 0 Å². The van der Waals surface area contributed by atoms with Crippen LogP contribution in [0.5, 0.6) is 0 Å². The maximum absolute atomic E-state index is 12.6. The van der Waals surface area contributed by atoms with Crippen molar-refractivity contribution in [2.75, 3.05) is 34.0 Å². The summed E-state index contributed by atoms with van der Waals surface area (Å²) in [6.07, 6.45) is 0. The quantitative estimate of drug-likeness (QED) is 0.745. The number of benzene rings is 1. The minimum Gasteiger partial charge on any atom is -0.383 e. The number of rotatable bonds is 7. The number of ether oxygens (including phenoxy) is 2. The number of carbonyl (C=O) groups is 1. The summed E-state index contributed by atoms with van der Waals surface area (Å²) in [5, 5.41) is 0.421. The van der Waals surface area contributed by atoms with E-state index < -0.39 is 0 Å². The Kier molecular flexibility index (Phi) is 7.51. The number of amides is 1. The molecular formula is C14H19BrClNO3. The van der Waals surface area contributed by atoms with Crippen LogP contribution in [0.2, 0.25) is 5.02 Å². The van der Waals surface area contributed by atoms with E-state index in [-0.39, 0.29) is 11.9 Å². The smallest absolute Gasteiger partial charge is 0.255 e. The fourth-order valence-corrected chi connectivity index (χ4v) is 2.44. The van der Waals surface area contributed by atoms with Crippen LogP contribution in [0.3, 0.4) is 0 Å². The lowest BCUT2D eigenvalue weighted by Gasteiger charge is -2.29. The topological polar surface area (TPSA) is 38.8 Å². The zero-order valence-electron chi connectivity index (χ0n) is 11.9. The van der Waals surface area contributed by atoms with E-state index in [9.17, 15) is 4.79 Å². The fourth-order valence-electron chi connectivity index (χ4n) is 1.87. The van der Waals surface area contributed by atoms with Gasteiger partial charge >= 0.3 is 0 Å². The first kappa shape index (κ1) is 17.4. The summed E-state index contributed by atoms with van der Waals surface area (Å²) in [5.74, 6) is -0.127. The highest BCUT2D eigenvalue weighted by molar-refractivity contribution is 9.10. The van der Waals surface area contributed by atoms with E-state index in [1.165, 1.54) is 0 Å². The largest absolute Gasteiger partial charge is 0.383 e. The van der Waals surface area contributed by atoms with Crippen LogP contribution in [-0.2, 0) is 9.47 Å². The molecule has 0 N–H and O–H groups in total. The summed E-state index contributed by atoms with van der Waals surface area (Å²) >= 11 is 9.52. The summed E-state index contributed by atoms with van der Waals surface area (Å²) in [6.45, 7) is 3.35. The van der Waals surface area contributed by atoms with Gasteiger partial charge in [0.05, 0.1) is 29.8 Å². The van der Waals surface area contributed by atoms with Gasteiger partial charge in [-0.2, -0.15) is 0 Å². The Morgan fingerprint density at radius 3 is 2.70 bits per heavy atom. The molecule has 4 nitrogen and oxygen atoms in total. The lowest BCUT2D eigenvalue weighted by Crippen LogP contribution is -2.43. The summed E-state index contributed by atoms with van der Waals surface area (Å²) in [6, 6.07) is 5.25. The average Bonchev–Trinajstić information content (AvgIpc) is 2.42. The summed E-state index contributed by atoms with van der Waals surface area (Å²) in [5.41, 5.74) is 0.472. The first-order chi connectivity index (χ1) is 9.52. The Balaban J connectivity index is 2.99. The van der Waals surface area contributed by atoms with Crippen LogP contribution < -0.4 is 0 Å². The predicted molar refractivity (Wildman–Crippen MR) is 83.4 cm³/mol. The first-order valence-electron chi connectivity index (χ1n) is 6.25. The minimum absolute atomic E-state index is 0.0577. The van der Waals surface area contributed by atoms with Gasteiger partial charge < -0.3 is 14.4 Å². The number of methoxy groups -OCH3 is 2. The third kappa shape index (κ3) is 4.45. The molecule has 1 aromatic carbocycles. The van der Waals surface area contributed by atoms with Crippen LogP contribution >= 0.6 is 27.5 Å². The Morgan fingerprint density at radius 2 is 2.10 bits per heavy atom. The molecule has 0 bridgehead atoms. The molecule has 0 radical (unpaired) electrons. The second-order valence-electron chi connectivity index (χ2n) is 4.40. The number of carbonyl (C=O) groups excluding carboxylic acids is 1. The zero-order chi connectivity index (χ0) is 15.1. The number of hydrogen-bond acceptors (Lipinski definition) is 3. The van der Waals surface area contributed by atoms with Gasteiger partial charge in [-0.3, -0.25) is 4.79 Å². The molecule has 0 heterocycles. The van der Waals surface area contributed by atoms with Gasteiger partial charge in [0.15, 0.2) is 0 Å². The van der Waals surface area contributed by atoms with Crippen molar-refractivity contribution in [3.05, 3.63) is 33.3 Å². The van der Waals surface area contributed by atoms with Crippen molar-refractivity contribution in [3.63, 3.8) is 0 Å². The van der Waals surface area contributed by atoms with Crippen LogP contribution in [0, 0.1) is 0 Å². The maximum atomic E-state index is 12.6. The molecule has 1 amide bonds. The molecule has 0 saturated carbocycles. The Hall–Kier alpha value is -0.620. The van der Waals surface area contributed by atoms with Gasteiger partial charge in [-0.15, -0.1) is 0 Å². The lowest BCUT2D eigenvalue weighted by atomic mass is 10.1. The van der Waals surface area contributed by atoms with Gasteiger partial charge in [0.25, 0.3) is 5.91 Å². The molecule has 0 aliphatic rings. The summed E-state index contributed by atoms with van der Waals surface area (Å²) in [7, 11) is 3.22. The molecule has 0 aliphatic heterocycles. The van der Waals surface area contributed by atoms with E-state index in [2.05, 4.69) is 15.9 Å². The maximum Gasteiger partial charge on any atom is 0.255 e. The van der Waals surface area contributed by atoms with Crippen LogP contribution in [0.15, 0.2) is 22.7 Å². The second kappa shape index (κ2) is 8.62. The van der Waals surface area contributed by atoms with Gasteiger partial charge in [0.1, 0.15) is 0 Å². The highest BCUT2D eigenvalue weighted by Gasteiger charge is 2.23. The molecule has 112 valence electrons. The SMILES string of the molecule is COCCN(C(=O)c1cccc(Br)c1Cl)C(C)COC. The minimum atomic E-state index is -0.127. The zero-order valence-corrected chi connectivity index (χ0v) is 14.2. The standard InChI is InChI=1S/C14H19BrClNO3/c1-10(9-20-3)17(7-8-19-2)14(18)11-5-4-6-12(15)13(11)16/h4-6,10H,7-9H2,1-3H3. The van der Waals surface area contributed by atoms with Crippen molar-refractivity contribution in [2.45, 2.75) is 13.0 Å². The third-order valence-corrected chi connectivity index (χ3v) is 4.22. The van der Waals surface area contributed by atoms with E-state index in [1.807, 2.05) is 6.92 Å². The monoisotopic (exact) mass is 363 g/mol. The number of nitrogens with zero attached hydrogens (tertiary/aromatic N) is 1. The predicted octanol–water partition coefficient (Wildman–Crippen LogP) is 3.23. The van der Waals surface area contributed by atoms with Crippen molar-refractivity contribution in [1.29, 1.82) is 0 Å². The number of halogens is 2. The Labute approximate surface area is 133 Å². The van der Waals surface area contributed by atoms with Gasteiger partial charge in [-0.1, -0.05) is 17.7 Å². The summed E-state index contributed by atoms with van der Waals surface area (Å²) in [4.78, 5) is 14.4. The van der Waals surface area contributed by atoms with Gasteiger partial charge in [0, 0.05) is 25.2 Å². The van der Waals surface area contributed by atoms with Gasteiger partial charge in [-0.25, -0.2) is 0 Å². The van der Waals surface area contributed by atoms with E-state index >= 15 is 0 Å². The van der Waals surface area contributed by atoms with Crippen molar-refractivity contribution in [1.82, 2.24) is 4.90 Å². The van der Waals surface area contributed by atoms with E-state index in [1.54, 1.807) is 37.3 Å². The van der Waals surface area contributed by atoms with Crippen LogP contribution in [0.1, 0.15) is 17.3 Å². The molecule has 0 aliphatic carbocycles. The van der Waals surface area contributed by atoms with Crippen molar-refractivity contribution < 1.29 is 14.3 Å². The highest BCUT2D eigenvalue weighted by Crippen LogP contribution is 2.27. The highest BCUT2D eigenvalue weighted by atomic mass is 79.9. The Morgan fingerprint density at radius 1 is 1.40 bits per heavy atom. The van der Waals surface area contributed by atoms with E-state index in [0.29, 0.717) is 34.8 Å². The Bertz CT molecular complexity index is 456. The van der Waals surface area contributed by atoms with Gasteiger partial charge in [0.2, 0.25) is 0 Å². The fraction of sp³-hybridized carbons (Fsp3) is 0.500. The molecule has 20 heavy (non-hydrogen) atoms. The van der Waals surface area contributed by atoms with Crippen molar-refractivity contribution >= 4 is 33.4 Å². The second-order valence-corrected chi connectivity index (χ2v) is 5.63. The molecule has 6 heteroatoms. The van der Waals surface area contributed by atoms with Crippen molar-refractivity contribution in [2.24, 2.45) is 0 Å². The molecular weight excluding hydrogens is 346 g/mol. The summed E-state index contributed by atoms with van der Waals surface area (Å²) < 4.78 is 10.9. The molecule has 0 fully saturated rings. The van der Waals surface area contributed by atoms with Crippen LogP contribution in [0.25, 0.3) is 0 Å². The molecule has 1 atom stereocenters. The van der Waals surface area contributed by atoms with Crippen LogP contribution in [-0.4, -0.2) is 50.8 Å². The van der Waals surface area contributed by atoms with Crippen LogP contribution in [0.4, 0.5) is 0 Å². The normalized spacial score (nSPS) is 12.2. The average molecular weight is 365 g/mol. The molecule has 0 saturated heterocycles.